The largest absolute Gasteiger partial charge is 0.489 e. The molecule has 0 aliphatic heterocycles. The quantitative estimate of drug-likeness (QED) is 0.391. The van der Waals surface area contributed by atoms with Crippen molar-refractivity contribution in [1.82, 2.24) is 0 Å². The molecule has 0 atom stereocenters. The van der Waals surface area contributed by atoms with Crippen LogP contribution in [0.1, 0.15) is 51.9 Å². The molecule has 1 fully saturated rings. The molecule has 0 unspecified atom stereocenters. The highest BCUT2D eigenvalue weighted by molar-refractivity contribution is 5.99. The van der Waals surface area contributed by atoms with Crippen molar-refractivity contribution < 1.29 is 24.2 Å². The first-order valence-corrected chi connectivity index (χ1v) is 12.2. The second-order valence-corrected chi connectivity index (χ2v) is 9.87. The van der Waals surface area contributed by atoms with Crippen molar-refractivity contribution in [3.05, 3.63) is 94.5 Å². The number of carboxylic acids is 1. The SMILES string of the molecule is Cc1cccc(CCOc2cc(C(=O)CC3(C(=O)O)Cc4ccccc4C3)ccc2OC2CC2)c1. The minimum atomic E-state index is -1.11. The number of carbonyl (C=O) groups is 2. The van der Waals surface area contributed by atoms with Crippen LogP contribution in [0, 0.1) is 12.3 Å². The Balaban J connectivity index is 1.33. The van der Waals surface area contributed by atoms with E-state index in [0.717, 1.165) is 30.4 Å². The van der Waals surface area contributed by atoms with Gasteiger partial charge in [0.1, 0.15) is 0 Å². The van der Waals surface area contributed by atoms with Gasteiger partial charge in [0, 0.05) is 18.4 Å². The Morgan fingerprint density at radius 1 is 0.943 bits per heavy atom. The van der Waals surface area contributed by atoms with Crippen molar-refractivity contribution in [2.45, 2.75) is 51.6 Å². The fourth-order valence-electron chi connectivity index (χ4n) is 4.86. The summed E-state index contributed by atoms with van der Waals surface area (Å²) in [5.74, 6) is 0.0519. The van der Waals surface area contributed by atoms with Gasteiger partial charge in [0.15, 0.2) is 17.3 Å². The van der Waals surface area contributed by atoms with Crippen LogP contribution in [0.15, 0.2) is 66.7 Å². The van der Waals surface area contributed by atoms with E-state index >= 15 is 0 Å². The van der Waals surface area contributed by atoms with Gasteiger partial charge in [-0.1, -0.05) is 54.1 Å². The van der Waals surface area contributed by atoms with Gasteiger partial charge in [0.25, 0.3) is 0 Å². The van der Waals surface area contributed by atoms with E-state index < -0.39 is 11.4 Å². The normalized spacial score (nSPS) is 15.9. The van der Waals surface area contributed by atoms with Crippen LogP contribution in [0.4, 0.5) is 0 Å². The molecule has 5 nitrogen and oxygen atoms in total. The van der Waals surface area contributed by atoms with Gasteiger partial charge in [-0.15, -0.1) is 0 Å². The molecule has 0 bridgehead atoms. The third-order valence-corrected chi connectivity index (χ3v) is 6.94. The lowest BCUT2D eigenvalue weighted by Crippen LogP contribution is -2.34. The third-order valence-electron chi connectivity index (χ3n) is 6.94. The standard InChI is InChI=1S/C30H30O5/c1-20-5-4-6-21(15-20)13-14-34-28-16-22(9-12-27(28)35-25-10-11-25)26(31)19-30(29(32)33)17-23-7-2-3-8-24(23)18-30/h2-9,12,15-16,25H,10-11,13-14,17-19H2,1H3,(H,32,33). The fraction of sp³-hybridized carbons (Fsp3) is 0.333. The summed E-state index contributed by atoms with van der Waals surface area (Å²) in [4.78, 5) is 25.6. The summed E-state index contributed by atoms with van der Waals surface area (Å²) >= 11 is 0. The number of hydrogen-bond donors (Lipinski definition) is 1. The number of fused-ring (bicyclic) bond motifs is 1. The van der Waals surface area contributed by atoms with Crippen LogP contribution < -0.4 is 9.47 Å². The Hall–Kier alpha value is -3.60. The highest BCUT2D eigenvalue weighted by Crippen LogP contribution is 2.41. The highest BCUT2D eigenvalue weighted by Gasteiger charge is 2.45. The first-order valence-electron chi connectivity index (χ1n) is 12.2. The van der Waals surface area contributed by atoms with Gasteiger partial charge in [-0.3, -0.25) is 9.59 Å². The minimum absolute atomic E-state index is 0.0530. The van der Waals surface area contributed by atoms with Crippen molar-refractivity contribution in [2.75, 3.05) is 6.61 Å². The number of aryl methyl sites for hydroxylation is 1. The van der Waals surface area contributed by atoms with E-state index in [2.05, 4.69) is 25.1 Å². The lowest BCUT2D eigenvalue weighted by Gasteiger charge is -2.23. The fourth-order valence-corrected chi connectivity index (χ4v) is 4.86. The van der Waals surface area contributed by atoms with E-state index in [1.807, 2.05) is 30.3 Å². The molecule has 0 spiro atoms. The van der Waals surface area contributed by atoms with Gasteiger partial charge in [-0.05, 0) is 67.5 Å². The number of carboxylic acid groups (broad SMARTS) is 1. The summed E-state index contributed by atoms with van der Waals surface area (Å²) in [7, 11) is 0. The minimum Gasteiger partial charge on any atom is -0.489 e. The zero-order valence-electron chi connectivity index (χ0n) is 20.0. The maximum absolute atomic E-state index is 13.3. The number of ketones is 1. The molecule has 3 aromatic rings. The maximum atomic E-state index is 13.3. The van der Waals surface area contributed by atoms with Gasteiger partial charge in [0.05, 0.1) is 18.1 Å². The Morgan fingerprint density at radius 2 is 1.69 bits per heavy atom. The molecule has 35 heavy (non-hydrogen) atoms. The van der Waals surface area contributed by atoms with E-state index in [-0.39, 0.29) is 18.3 Å². The van der Waals surface area contributed by atoms with E-state index in [9.17, 15) is 14.7 Å². The monoisotopic (exact) mass is 470 g/mol. The summed E-state index contributed by atoms with van der Waals surface area (Å²) in [5.41, 5.74) is 3.75. The summed E-state index contributed by atoms with van der Waals surface area (Å²) in [5, 5.41) is 10.1. The van der Waals surface area contributed by atoms with Crippen LogP contribution in [-0.2, 0) is 24.1 Å². The van der Waals surface area contributed by atoms with Crippen LogP contribution in [0.3, 0.4) is 0 Å². The number of carbonyl (C=O) groups excluding carboxylic acids is 1. The molecule has 0 radical (unpaired) electrons. The zero-order chi connectivity index (χ0) is 24.4. The van der Waals surface area contributed by atoms with E-state index in [0.29, 0.717) is 36.5 Å². The van der Waals surface area contributed by atoms with E-state index in [1.165, 1.54) is 11.1 Å². The van der Waals surface area contributed by atoms with Crippen molar-refractivity contribution in [3.63, 3.8) is 0 Å². The molecular weight excluding hydrogens is 440 g/mol. The predicted molar refractivity (Wildman–Crippen MR) is 133 cm³/mol. The molecule has 5 rings (SSSR count). The molecule has 0 saturated heterocycles. The van der Waals surface area contributed by atoms with Crippen molar-refractivity contribution in [1.29, 1.82) is 0 Å². The Kier molecular flexibility index (Phi) is 6.33. The van der Waals surface area contributed by atoms with Crippen LogP contribution >= 0.6 is 0 Å². The molecule has 1 saturated carbocycles. The molecule has 2 aliphatic carbocycles. The third kappa shape index (κ3) is 5.24. The molecule has 0 amide bonds. The second-order valence-electron chi connectivity index (χ2n) is 9.87. The molecule has 5 heteroatoms. The van der Waals surface area contributed by atoms with Crippen LogP contribution in [0.25, 0.3) is 0 Å². The average Bonchev–Trinajstić information content (AvgIpc) is 3.57. The van der Waals surface area contributed by atoms with Gasteiger partial charge in [-0.25, -0.2) is 0 Å². The van der Waals surface area contributed by atoms with Crippen molar-refractivity contribution >= 4 is 11.8 Å². The Bertz CT molecular complexity index is 1230. The molecular formula is C30H30O5. The molecule has 2 aliphatic rings. The number of benzene rings is 3. The summed E-state index contributed by atoms with van der Waals surface area (Å²) < 4.78 is 12.1. The van der Waals surface area contributed by atoms with Gasteiger partial charge in [-0.2, -0.15) is 0 Å². The Morgan fingerprint density at radius 3 is 2.34 bits per heavy atom. The van der Waals surface area contributed by atoms with Gasteiger partial charge >= 0.3 is 5.97 Å². The van der Waals surface area contributed by atoms with Crippen molar-refractivity contribution in [2.24, 2.45) is 5.41 Å². The number of ether oxygens (including phenoxy) is 2. The number of rotatable bonds is 10. The van der Waals surface area contributed by atoms with E-state index in [1.54, 1.807) is 18.2 Å². The lowest BCUT2D eigenvalue weighted by atomic mass is 9.79. The predicted octanol–water partition coefficient (Wildman–Crippen LogP) is 5.60. The Labute approximate surface area is 205 Å². The maximum Gasteiger partial charge on any atom is 0.310 e. The summed E-state index contributed by atoms with van der Waals surface area (Å²) in [6, 6.07) is 21.3. The first-order chi connectivity index (χ1) is 16.9. The number of hydrogen-bond acceptors (Lipinski definition) is 4. The van der Waals surface area contributed by atoms with Gasteiger partial charge in [0.2, 0.25) is 0 Å². The number of Topliss-reactive ketones (excluding diaryl/α,β-unsaturated/α-hetero) is 1. The summed E-state index contributed by atoms with van der Waals surface area (Å²) in [6.45, 7) is 2.52. The zero-order valence-corrected chi connectivity index (χ0v) is 20.0. The van der Waals surface area contributed by atoms with Crippen LogP contribution in [0.2, 0.25) is 0 Å². The van der Waals surface area contributed by atoms with E-state index in [4.69, 9.17) is 9.47 Å². The number of aliphatic carboxylic acids is 1. The summed E-state index contributed by atoms with van der Waals surface area (Å²) in [6.07, 6.45) is 3.66. The van der Waals surface area contributed by atoms with Crippen LogP contribution in [-0.4, -0.2) is 29.6 Å². The van der Waals surface area contributed by atoms with Gasteiger partial charge < -0.3 is 14.6 Å². The topological polar surface area (TPSA) is 72.8 Å². The second kappa shape index (κ2) is 9.57. The lowest BCUT2D eigenvalue weighted by molar-refractivity contribution is -0.148. The van der Waals surface area contributed by atoms with Crippen LogP contribution in [0.5, 0.6) is 11.5 Å². The molecule has 180 valence electrons. The first kappa shape index (κ1) is 23.2. The molecule has 3 aromatic carbocycles. The molecule has 0 heterocycles. The van der Waals surface area contributed by atoms with Crippen molar-refractivity contribution in [3.8, 4) is 11.5 Å². The smallest absolute Gasteiger partial charge is 0.310 e. The molecule has 0 aromatic heterocycles. The average molecular weight is 471 g/mol. The molecule has 1 N–H and O–H groups in total. The highest BCUT2D eigenvalue weighted by atomic mass is 16.5.